The average molecular weight is 202 g/mol. The van der Waals surface area contributed by atoms with E-state index in [-0.39, 0.29) is 11.3 Å². The lowest BCUT2D eigenvalue weighted by Crippen LogP contribution is -2.20. The highest BCUT2D eigenvalue weighted by Gasteiger charge is 2.03. The van der Waals surface area contributed by atoms with Crippen molar-refractivity contribution >= 4 is 0 Å². The second kappa shape index (κ2) is 3.57. The molecular formula is C11H10N2O2. The van der Waals surface area contributed by atoms with Gasteiger partial charge in [0.25, 0.3) is 5.56 Å². The van der Waals surface area contributed by atoms with Gasteiger partial charge in [0.1, 0.15) is 5.75 Å². The van der Waals surface area contributed by atoms with Crippen LogP contribution in [0.3, 0.4) is 0 Å². The highest BCUT2D eigenvalue weighted by atomic mass is 16.3. The van der Waals surface area contributed by atoms with Gasteiger partial charge in [-0.2, -0.15) is 5.10 Å². The van der Waals surface area contributed by atoms with Crippen LogP contribution >= 0.6 is 0 Å². The Balaban J connectivity index is 2.59. The third kappa shape index (κ3) is 1.74. The number of hydrogen-bond acceptors (Lipinski definition) is 3. The SMILES string of the molecule is Cn1nccc(-c2ccc(O)cc2)c1=O. The summed E-state index contributed by atoms with van der Waals surface area (Å²) in [6, 6.07) is 8.16. The molecule has 1 heterocycles. The van der Waals surface area contributed by atoms with Crippen LogP contribution in [-0.4, -0.2) is 14.9 Å². The zero-order valence-electron chi connectivity index (χ0n) is 8.21. The van der Waals surface area contributed by atoms with Crippen molar-refractivity contribution in [1.29, 1.82) is 0 Å². The van der Waals surface area contributed by atoms with Crippen molar-refractivity contribution in [3.63, 3.8) is 0 Å². The highest BCUT2D eigenvalue weighted by Crippen LogP contribution is 2.17. The normalized spacial score (nSPS) is 10.2. The molecule has 15 heavy (non-hydrogen) atoms. The number of phenolic OH excluding ortho intramolecular Hbond substituents is 1. The van der Waals surface area contributed by atoms with Gasteiger partial charge in [0, 0.05) is 13.2 Å². The molecule has 0 unspecified atom stereocenters. The lowest BCUT2D eigenvalue weighted by molar-refractivity contribution is 0.475. The molecule has 0 atom stereocenters. The van der Waals surface area contributed by atoms with E-state index in [1.165, 1.54) is 4.68 Å². The van der Waals surface area contributed by atoms with Gasteiger partial charge in [0.15, 0.2) is 0 Å². The highest BCUT2D eigenvalue weighted by molar-refractivity contribution is 5.62. The van der Waals surface area contributed by atoms with Crippen LogP contribution in [0, 0.1) is 0 Å². The fraction of sp³-hybridized carbons (Fsp3) is 0.0909. The number of rotatable bonds is 1. The minimum absolute atomic E-state index is 0.150. The smallest absolute Gasteiger partial charge is 0.274 e. The summed E-state index contributed by atoms with van der Waals surface area (Å²) in [4.78, 5) is 11.7. The summed E-state index contributed by atoms with van der Waals surface area (Å²) in [6.45, 7) is 0. The molecule has 1 aromatic carbocycles. The van der Waals surface area contributed by atoms with Crippen molar-refractivity contribution in [3.8, 4) is 16.9 Å². The maximum atomic E-state index is 11.7. The molecule has 0 amide bonds. The number of benzene rings is 1. The fourth-order valence-corrected chi connectivity index (χ4v) is 1.37. The van der Waals surface area contributed by atoms with Crippen LogP contribution in [0.5, 0.6) is 5.75 Å². The number of nitrogens with zero attached hydrogens (tertiary/aromatic N) is 2. The largest absolute Gasteiger partial charge is 0.508 e. The Bertz CT molecular complexity index is 529. The fourth-order valence-electron chi connectivity index (χ4n) is 1.37. The van der Waals surface area contributed by atoms with Gasteiger partial charge in [-0.3, -0.25) is 4.79 Å². The van der Waals surface area contributed by atoms with Crippen molar-refractivity contribution in [3.05, 3.63) is 46.9 Å². The van der Waals surface area contributed by atoms with Crippen LogP contribution in [0.2, 0.25) is 0 Å². The molecule has 4 heteroatoms. The molecule has 0 fully saturated rings. The van der Waals surface area contributed by atoms with Crippen LogP contribution in [0.4, 0.5) is 0 Å². The Morgan fingerprint density at radius 3 is 2.53 bits per heavy atom. The molecule has 2 aromatic rings. The Morgan fingerprint density at radius 1 is 1.20 bits per heavy atom. The summed E-state index contributed by atoms with van der Waals surface area (Å²) in [5.74, 6) is 0.185. The van der Waals surface area contributed by atoms with Gasteiger partial charge in [-0.15, -0.1) is 0 Å². The molecule has 1 N–H and O–H groups in total. The van der Waals surface area contributed by atoms with E-state index in [1.807, 2.05) is 0 Å². The van der Waals surface area contributed by atoms with Crippen molar-refractivity contribution in [2.75, 3.05) is 0 Å². The summed E-state index contributed by atoms with van der Waals surface area (Å²) >= 11 is 0. The third-order valence-corrected chi connectivity index (χ3v) is 2.18. The van der Waals surface area contributed by atoms with E-state index in [2.05, 4.69) is 5.10 Å². The van der Waals surface area contributed by atoms with Gasteiger partial charge < -0.3 is 5.11 Å². The zero-order valence-corrected chi connectivity index (χ0v) is 8.21. The lowest BCUT2D eigenvalue weighted by atomic mass is 10.1. The second-order valence-corrected chi connectivity index (χ2v) is 3.22. The van der Waals surface area contributed by atoms with Gasteiger partial charge in [0.2, 0.25) is 0 Å². The Hall–Kier alpha value is -2.10. The quantitative estimate of drug-likeness (QED) is 0.754. The molecule has 0 aliphatic heterocycles. The molecule has 4 nitrogen and oxygen atoms in total. The predicted octanol–water partition coefficient (Wildman–Crippen LogP) is 1.15. The van der Waals surface area contributed by atoms with Crippen molar-refractivity contribution in [2.24, 2.45) is 7.05 Å². The first-order chi connectivity index (χ1) is 7.18. The number of aromatic hydroxyl groups is 1. The third-order valence-electron chi connectivity index (χ3n) is 2.18. The van der Waals surface area contributed by atoms with Crippen LogP contribution in [0.1, 0.15) is 0 Å². The van der Waals surface area contributed by atoms with Gasteiger partial charge in [-0.05, 0) is 23.8 Å². The van der Waals surface area contributed by atoms with Crippen LogP contribution < -0.4 is 5.56 Å². The molecule has 2 rings (SSSR count). The van der Waals surface area contributed by atoms with Crippen LogP contribution in [-0.2, 0) is 7.05 Å². The molecule has 0 aliphatic carbocycles. The summed E-state index contributed by atoms with van der Waals surface area (Å²) in [6.07, 6.45) is 1.57. The minimum Gasteiger partial charge on any atom is -0.508 e. The van der Waals surface area contributed by atoms with E-state index < -0.39 is 0 Å². The van der Waals surface area contributed by atoms with E-state index in [1.54, 1.807) is 43.6 Å². The molecule has 0 radical (unpaired) electrons. The standard InChI is InChI=1S/C11H10N2O2/c1-13-11(15)10(6-7-12-13)8-2-4-9(14)5-3-8/h2-7,14H,1H3. The predicted molar refractivity (Wildman–Crippen MR) is 56.6 cm³/mol. The molecular weight excluding hydrogens is 192 g/mol. The maximum Gasteiger partial charge on any atom is 0.274 e. The van der Waals surface area contributed by atoms with Crippen molar-refractivity contribution in [2.45, 2.75) is 0 Å². The monoisotopic (exact) mass is 202 g/mol. The van der Waals surface area contributed by atoms with E-state index >= 15 is 0 Å². The Morgan fingerprint density at radius 2 is 1.87 bits per heavy atom. The Kier molecular flexibility index (Phi) is 2.25. The van der Waals surface area contributed by atoms with E-state index in [4.69, 9.17) is 5.11 Å². The average Bonchev–Trinajstić information content (AvgIpc) is 2.24. The number of aromatic nitrogens is 2. The van der Waals surface area contributed by atoms with Crippen LogP contribution in [0.15, 0.2) is 41.3 Å². The number of phenols is 1. The maximum absolute atomic E-state index is 11.7. The van der Waals surface area contributed by atoms with Crippen LogP contribution in [0.25, 0.3) is 11.1 Å². The number of aryl methyl sites for hydroxylation is 1. The van der Waals surface area contributed by atoms with Crippen molar-refractivity contribution in [1.82, 2.24) is 9.78 Å². The summed E-state index contributed by atoms with van der Waals surface area (Å²) < 4.78 is 1.28. The van der Waals surface area contributed by atoms with Gasteiger partial charge in [-0.25, -0.2) is 4.68 Å². The van der Waals surface area contributed by atoms with E-state index in [9.17, 15) is 4.79 Å². The first kappa shape index (κ1) is 9.45. The first-order valence-electron chi connectivity index (χ1n) is 4.50. The van der Waals surface area contributed by atoms with Crippen molar-refractivity contribution < 1.29 is 5.11 Å². The summed E-state index contributed by atoms with van der Waals surface area (Å²) in [7, 11) is 1.60. The summed E-state index contributed by atoms with van der Waals surface area (Å²) in [5.41, 5.74) is 1.20. The molecule has 0 bridgehead atoms. The minimum atomic E-state index is -0.150. The molecule has 0 spiro atoms. The molecule has 76 valence electrons. The van der Waals surface area contributed by atoms with E-state index in [0.29, 0.717) is 5.56 Å². The molecule has 0 saturated heterocycles. The summed E-state index contributed by atoms with van der Waals surface area (Å²) in [5, 5.41) is 13.0. The zero-order chi connectivity index (χ0) is 10.8. The van der Waals surface area contributed by atoms with E-state index in [0.717, 1.165) is 5.56 Å². The van der Waals surface area contributed by atoms with Gasteiger partial charge in [-0.1, -0.05) is 12.1 Å². The molecule has 0 saturated carbocycles. The molecule has 0 aliphatic rings. The topological polar surface area (TPSA) is 55.1 Å². The lowest BCUT2D eigenvalue weighted by Gasteiger charge is -2.02. The Labute approximate surface area is 86.4 Å². The molecule has 1 aromatic heterocycles. The van der Waals surface area contributed by atoms with Gasteiger partial charge in [0.05, 0.1) is 5.56 Å². The first-order valence-corrected chi connectivity index (χ1v) is 4.50. The number of hydrogen-bond donors (Lipinski definition) is 1. The van der Waals surface area contributed by atoms with Gasteiger partial charge >= 0.3 is 0 Å². The second-order valence-electron chi connectivity index (χ2n) is 3.22.